The number of nitrogens with zero attached hydrogens (tertiary/aromatic N) is 1. The number of hydrogen-bond acceptors (Lipinski definition) is 5. The predicted molar refractivity (Wildman–Crippen MR) is 103 cm³/mol. The van der Waals surface area contributed by atoms with E-state index in [1.54, 1.807) is 66.7 Å². The van der Waals surface area contributed by atoms with Crippen LogP contribution in [0.3, 0.4) is 0 Å². The Hall–Kier alpha value is -3.09. The van der Waals surface area contributed by atoms with Gasteiger partial charge >= 0.3 is 0 Å². The summed E-state index contributed by atoms with van der Waals surface area (Å²) in [5.74, 6) is -3.15. The van der Waals surface area contributed by atoms with Gasteiger partial charge in [-0.25, -0.2) is 0 Å². The van der Waals surface area contributed by atoms with Gasteiger partial charge in [0, 0.05) is 23.3 Å². The van der Waals surface area contributed by atoms with E-state index in [1.165, 1.54) is 0 Å². The minimum atomic E-state index is -1.22. The number of amides is 2. The molecule has 6 unspecified atom stereocenters. The zero-order valence-electron chi connectivity index (χ0n) is 15.4. The van der Waals surface area contributed by atoms with Gasteiger partial charge in [0.05, 0.1) is 29.4 Å². The van der Waals surface area contributed by atoms with Crippen LogP contribution in [0.4, 0.5) is 0 Å². The topological polar surface area (TPSA) is 94.9 Å². The van der Waals surface area contributed by atoms with Crippen molar-refractivity contribution in [3.05, 3.63) is 83.4 Å². The molecule has 1 aliphatic heterocycles. The van der Waals surface area contributed by atoms with Crippen LogP contribution in [-0.2, 0) is 0 Å². The smallest absolute Gasteiger partial charge is 0.262 e. The standard InChI is InChI=1S/C23H19NO5/c25-19(12-6-2-1-3-7-12)17-15-10-11-16(18(17)21(27)20(15)26)24-22(28)13-8-4-5-9-14(13)23(24)29/h1-11,15-18,20-21,26-27H. The van der Waals surface area contributed by atoms with Crippen molar-refractivity contribution in [1.82, 2.24) is 4.90 Å². The summed E-state index contributed by atoms with van der Waals surface area (Å²) in [6.45, 7) is 0. The van der Waals surface area contributed by atoms with Crippen LogP contribution in [0, 0.1) is 17.8 Å². The first-order valence-electron chi connectivity index (χ1n) is 9.61. The van der Waals surface area contributed by atoms with Crippen LogP contribution in [0.25, 0.3) is 0 Å². The summed E-state index contributed by atoms with van der Waals surface area (Å²) < 4.78 is 0. The Morgan fingerprint density at radius 2 is 1.38 bits per heavy atom. The third-order valence-electron chi connectivity index (χ3n) is 6.38. The first kappa shape index (κ1) is 18.0. The molecule has 0 radical (unpaired) electrons. The molecule has 6 heteroatoms. The van der Waals surface area contributed by atoms with E-state index in [4.69, 9.17) is 0 Å². The number of carbonyl (C=O) groups excluding carboxylic acids is 3. The summed E-state index contributed by atoms with van der Waals surface area (Å²) in [6.07, 6.45) is 0.985. The third kappa shape index (κ3) is 2.46. The lowest BCUT2D eigenvalue weighted by Crippen LogP contribution is -2.50. The molecule has 29 heavy (non-hydrogen) atoms. The molecule has 5 rings (SSSR count). The summed E-state index contributed by atoms with van der Waals surface area (Å²) >= 11 is 0. The third-order valence-corrected chi connectivity index (χ3v) is 6.38. The normalized spacial score (nSPS) is 32.6. The summed E-state index contributed by atoms with van der Waals surface area (Å²) in [7, 11) is 0. The molecule has 3 aliphatic rings. The van der Waals surface area contributed by atoms with E-state index in [9.17, 15) is 24.6 Å². The van der Waals surface area contributed by atoms with E-state index in [1.807, 2.05) is 0 Å². The monoisotopic (exact) mass is 389 g/mol. The van der Waals surface area contributed by atoms with Gasteiger partial charge in [0.15, 0.2) is 5.78 Å². The van der Waals surface area contributed by atoms with Crippen LogP contribution in [0.5, 0.6) is 0 Å². The summed E-state index contributed by atoms with van der Waals surface area (Å²) in [5.41, 5.74) is 1.10. The van der Waals surface area contributed by atoms with E-state index in [2.05, 4.69) is 0 Å². The Morgan fingerprint density at radius 1 is 0.793 bits per heavy atom. The van der Waals surface area contributed by atoms with Crippen molar-refractivity contribution in [3.8, 4) is 0 Å². The summed E-state index contributed by atoms with van der Waals surface area (Å²) in [5, 5.41) is 21.3. The molecule has 1 fully saturated rings. The van der Waals surface area contributed by atoms with Crippen LogP contribution in [0.15, 0.2) is 66.7 Å². The lowest BCUT2D eigenvalue weighted by Gasteiger charge is -2.36. The van der Waals surface area contributed by atoms with Crippen LogP contribution in [0.1, 0.15) is 31.1 Å². The zero-order chi connectivity index (χ0) is 20.3. The maximum Gasteiger partial charge on any atom is 0.262 e. The number of benzene rings is 2. The molecule has 2 N–H and O–H groups in total. The van der Waals surface area contributed by atoms with E-state index in [0.717, 1.165) is 4.90 Å². The highest BCUT2D eigenvalue weighted by Crippen LogP contribution is 2.48. The largest absolute Gasteiger partial charge is 0.390 e. The Bertz CT molecular complexity index is 1010. The van der Waals surface area contributed by atoms with Crippen LogP contribution in [-0.4, -0.2) is 51.0 Å². The maximum absolute atomic E-state index is 13.2. The molecule has 0 aromatic heterocycles. The van der Waals surface area contributed by atoms with E-state index in [-0.39, 0.29) is 5.78 Å². The lowest BCUT2D eigenvalue weighted by molar-refractivity contribution is -0.000685. The quantitative estimate of drug-likeness (QED) is 0.473. The molecule has 2 bridgehead atoms. The first-order chi connectivity index (χ1) is 14.0. The molecule has 0 saturated heterocycles. The molecule has 2 aromatic rings. The van der Waals surface area contributed by atoms with Crippen LogP contribution < -0.4 is 0 Å². The zero-order valence-corrected chi connectivity index (χ0v) is 15.4. The average molecular weight is 389 g/mol. The molecule has 146 valence electrons. The fraction of sp³-hybridized carbons (Fsp3) is 0.261. The first-order valence-corrected chi connectivity index (χ1v) is 9.61. The van der Waals surface area contributed by atoms with Gasteiger partial charge in [-0.1, -0.05) is 54.6 Å². The van der Waals surface area contributed by atoms with Gasteiger partial charge in [-0.05, 0) is 12.1 Å². The van der Waals surface area contributed by atoms with Crippen molar-refractivity contribution in [1.29, 1.82) is 0 Å². The highest BCUT2D eigenvalue weighted by Gasteiger charge is 2.58. The number of Topliss-reactive ketones (excluding diaryl/α,β-unsaturated/α-hetero) is 1. The van der Waals surface area contributed by atoms with E-state index < -0.39 is 47.8 Å². The van der Waals surface area contributed by atoms with Gasteiger partial charge in [0.25, 0.3) is 11.8 Å². The second-order valence-corrected chi connectivity index (χ2v) is 7.79. The second kappa shape index (κ2) is 6.47. The SMILES string of the molecule is O=C(c1ccccc1)C1C2C=CC(N3C(=O)c4ccccc4C3=O)C1C(O)C2O. The molecule has 6 nitrogen and oxygen atoms in total. The Balaban J connectivity index is 1.56. The van der Waals surface area contributed by atoms with Crippen LogP contribution >= 0.6 is 0 Å². The van der Waals surface area contributed by atoms with Gasteiger partial charge in [-0.15, -0.1) is 0 Å². The van der Waals surface area contributed by atoms with Crippen molar-refractivity contribution in [2.45, 2.75) is 18.2 Å². The number of rotatable bonds is 3. The Kier molecular flexibility index (Phi) is 4.01. The van der Waals surface area contributed by atoms with Crippen molar-refractivity contribution in [2.75, 3.05) is 0 Å². The summed E-state index contributed by atoms with van der Waals surface area (Å²) in [6, 6.07) is 14.5. The van der Waals surface area contributed by atoms with Crippen molar-refractivity contribution < 1.29 is 24.6 Å². The number of aliphatic hydroxyl groups excluding tert-OH is 2. The highest BCUT2D eigenvalue weighted by molar-refractivity contribution is 6.21. The number of imide groups is 1. The second-order valence-electron chi connectivity index (χ2n) is 7.79. The predicted octanol–water partition coefficient (Wildman–Crippen LogP) is 1.69. The van der Waals surface area contributed by atoms with E-state index in [0.29, 0.717) is 16.7 Å². The highest BCUT2D eigenvalue weighted by atomic mass is 16.3. The number of aliphatic hydroxyl groups is 2. The number of fused-ring (bicyclic) bond motifs is 3. The Labute approximate surface area is 167 Å². The van der Waals surface area contributed by atoms with Crippen molar-refractivity contribution >= 4 is 17.6 Å². The van der Waals surface area contributed by atoms with E-state index >= 15 is 0 Å². The minimum Gasteiger partial charge on any atom is -0.390 e. The Morgan fingerprint density at radius 3 is 2.00 bits per heavy atom. The molecule has 1 saturated carbocycles. The van der Waals surface area contributed by atoms with Gasteiger partial charge in [-0.3, -0.25) is 19.3 Å². The lowest BCUT2D eigenvalue weighted by atomic mass is 9.75. The van der Waals surface area contributed by atoms with Crippen LogP contribution in [0.2, 0.25) is 0 Å². The molecular weight excluding hydrogens is 370 g/mol. The van der Waals surface area contributed by atoms with Gasteiger partial charge in [0.1, 0.15) is 0 Å². The number of ketones is 1. The average Bonchev–Trinajstić information content (AvgIpc) is 3.11. The number of carbonyl (C=O) groups is 3. The molecule has 2 amide bonds. The van der Waals surface area contributed by atoms with Gasteiger partial charge < -0.3 is 10.2 Å². The number of hydrogen-bond donors (Lipinski definition) is 2. The molecule has 2 aromatic carbocycles. The van der Waals surface area contributed by atoms with Crippen molar-refractivity contribution in [3.63, 3.8) is 0 Å². The minimum absolute atomic E-state index is 0.206. The van der Waals surface area contributed by atoms with Gasteiger partial charge in [0.2, 0.25) is 0 Å². The molecule has 0 spiro atoms. The fourth-order valence-electron chi connectivity index (χ4n) is 5.04. The molecular formula is C23H19NO5. The maximum atomic E-state index is 13.2. The fourth-order valence-corrected chi connectivity index (χ4v) is 5.04. The summed E-state index contributed by atoms with van der Waals surface area (Å²) in [4.78, 5) is 40.3. The molecule has 6 atom stereocenters. The molecule has 2 aliphatic carbocycles. The van der Waals surface area contributed by atoms with Gasteiger partial charge in [-0.2, -0.15) is 0 Å². The molecule has 1 heterocycles. The van der Waals surface area contributed by atoms with Crippen molar-refractivity contribution in [2.24, 2.45) is 17.8 Å².